The van der Waals surface area contributed by atoms with Gasteiger partial charge in [-0.05, 0) is 37.9 Å². The number of nitrogens with zero attached hydrogens (tertiary/aromatic N) is 2. The van der Waals surface area contributed by atoms with Crippen molar-refractivity contribution in [2.24, 2.45) is 0 Å². The van der Waals surface area contributed by atoms with Crippen LogP contribution in [-0.4, -0.2) is 9.78 Å². The topological polar surface area (TPSA) is 17.8 Å². The van der Waals surface area contributed by atoms with Gasteiger partial charge in [0.05, 0.1) is 17.2 Å². The van der Waals surface area contributed by atoms with Gasteiger partial charge in [0.15, 0.2) is 0 Å². The molecular weight excluding hydrogens is 316 g/mol. The molecule has 0 aliphatic carbocycles. The molecule has 5 heteroatoms. The molecule has 2 rings (SSSR count). The van der Waals surface area contributed by atoms with E-state index in [1.165, 1.54) is 4.88 Å². The lowest BCUT2D eigenvalue weighted by molar-refractivity contribution is 0.694. The first-order valence-corrected chi connectivity index (χ1v) is 6.11. The molecule has 0 radical (unpaired) electrons. The second-order valence-corrected chi connectivity index (χ2v) is 5.41. The third-order valence-electron chi connectivity index (χ3n) is 1.54. The van der Waals surface area contributed by atoms with Gasteiger partial charge in [-0.25, -0.2) is 0 Å². The van der Waals surface area contributed by atoms with E-state index in [2.05, 4.69) is 48.4 Å². The molecule has 0 spiro atoms. The van der Waals surface area contributed by atoms with Crippen molar-refractivity contribution in [2.75, 3.05) is 0 Å². The van der Waals surface area contributed by atoms with Gasteiger partial charge < -0.3 is 0 Å². The number of aromatic nitrogens is 2. The van der Waals surface area contributed by atoms with Gasteiger partial charge in [-0.2, -0.15) is 5.10 Å². The lowest BCUT2D eigenvalue weighted by atomic mass is 10.5. The molecule has 0 N–H and O–H groups in total. The van der Waals surface area contributed by atoms with Crippen LogP contribution >= 0.6 is 43.2 Å². The first-order valence-electron chi connectivity index (χ1n) is 3.65. The van der Waals surface area contributed by atoms with Crippen LogP contribution in [0.4, 0.5) is 0 Å². The fraction of sp³-hybridized carbons (Fsp3) is 0.125. The Morgan fingerprint density at radius 1 is 1.38 bits per heavy atom. The largest absolute Gasteiger partial charge is 0.266 e. The van der Waals surface area contributed by atoms with Crippen molar-refractivity contribution in [1.29, 1.82) is 0 Å². The molecule has 2 heterocycles. The van der Waals surface area contributed by atoms with Gasteiger partial charge in [0, 0.05) is 20.9 Å². The number of rotatable bonds is 2. The molecule has 2 aromatic heterocycles. The fourth-order valence-corrected chi connectivity index (χ4v) is 2.79. The van der Waals surface area contributed by atoms with Crippen molar-refractivity contribution < 1.29 is 0 Å². The Hall–Kier alpha value is -0.130. The Labute approximate surface area is 96.8 Å². The van der Waals surface area contributed by atoms with Crippen LogP contribution in [0.2, 0.25) is 0 Å². The highest BCUT2D eigenvalue weighted by Gasteiger charge is 1.99. The van der Waals surface area contributed by atoms with E-state index in [4.69, 9.17) is 0 Å². The maximum Gasteiger partial charge on any atom is 0.0753 e. The molecule has 0 aromatic carbocycles. The van der Waals surface area contributed by atoms with E-state index in [-0.39, 0.29) is 0 Å². The zero-order chi connectivity index (χ0) is 9.26. The molecule has 0 aliphatic rings. The standard InChI is InChI=1S/C8H6Br2N2S/c9-6-1-8(13-5-6)4-12-3-7(10)2-11-12/h1-3,5H,4H2. The summed E-state index contributed by atoms with van der Waals surface area (Å²) in [5, 5.41) is 6.26. The molecule has 2 aromatic rings. The molecule has 2 nitrogen and oxygen atoms in total. The van der Waals surface area contributed by atoms with E-state index in [1.807, 2.05) is 10.9 Å². The van der Waals surface area contributed by atoms with Crippen LogP contribution in [0.15, 0.2) is 32.8 Å². The van der Waals surface area contributed by atoms with Crippen molar-refractivity contribution in [3.05, 3.63) is 37.7 Å². The minimum atomic E-state index is 0.835. The van der Waals surface area contributed by atoms with E-state index >= 15 is 0 Å². The Balaban J connectivity index is 2.14. The average molecular weight is 322 g/mol. The summed E-state index contributed by atoms with van der Waals surface area (Å²) >= 11 is 8.51. The Morgan fingerprint density at radius 2 is 2.23 bits per heavy atom. The van der Waals surface area contributed by atoms with Crippen molar-refractivity contribution in [1.82, 2.24) is 9.78 Å². The monoisotopic (exact) mass is 320 g/mol. The second-order valence-electron chi connectivity index (χ2n) is 2.59. The first kappa shape index (κ1) is 9.43. The second kappa shape index (κ2) is 3.94. The number of hydrogen-bond acceptors (Lipinski definition) is 2. The molecule has 68 valence electrons. The number of hydrogen-bond donors (Lipinski definition) is 0. The summed E-state index contributed by atoms with van der Waals surface area (Å²) in [6.45, 7) is 0.835. The average Bonchev–Trinajstić information content (AvgIpc) is 2.62. The summed E-state index contributed by atoms with van der Waals surface area (Å²) in [6.07, 6.45) is 3.76. The Morgan fingerprint density at radius 3 is 2.77 bits per heavy atom. The summed E-state index contributed by atoms with van der Waals surface area (Å²) in [6, 6.07) is 2.11. The molecule has 0 saturated heterocycles. The maximum absolute atomic E-state index is 4.18. The van der Waals surface area contributed by atoms with Gasteiger partial charge >= 0.3 is 0 Å². The van der Waals surface area contributed by atoms with E-state index < -0.39 is 0 Å². The van der Waals surface area contributed by atoms with E-state index in [1.54, 1.807) is 17.5 Å². The third-order valence-corrected chi connectivity index (χ3v) is 3.63. The highest BCUT2D eigenvalue weighted by atomic mass is 79.9. The summed E-state index contributed by atoms with van der Waals surface area (Å²) in [5.74, 6) is 0. The van der Waals surface area contributed by atoms with Gasteiger partial charge in [0.2, 0.25) is 0 Å². The highest BCUT2D eigenvalue weighted by Crippen LogP contribution is 2.20. The molecule has 0 bridgehead atoms. The lowest BCUT2D eigenvalue weighted by Crippen LogP contribution is -1.97. The summed E-state index contributed by atoms with van der Waals surface area (Å²) in [4.78, 5) is 1.29. The normalized spacial score (nSPS) is 10.6. The van der Waals surface area contributed by atoms with Crippen LogP contribution in [0.5, 0.6) is 0 Å². The molecule has 0 aliphatic heterocycles. The predicted molar refractivity (Wildman–Crippen MR) is 61.0 cm³/mol. The van der Waals surface area contributed by atoms with Crippen molar-refractivity contribution >= 4 is 43.2 Å². The van der Waals surface area contributed by atoms with E-state index in [9.17, 15) is 0 Å². The quantitative estimate of drug-likeness (QED) is 0.827. The SMILES string of the molecule is Brc1csc(Cn2cc(Br)cn2)c1. The molecule has 0 atom stereocenters. The zero-order valence-electron chi connectivity index (χ0n) is 6.58. The minimum absolute atomic E-state index is 0.835. The van der Waals surface area contributed by atoms with E-state index in [0.29, 0.717) is 0 Å². The molecule has 0 unspecified atom stereocenters. The summed E-state index contributed by atoms with van der Waals surface area (Å²) < 4.78 is 4.06. The third kappa shape index (κ3) is 2.42. The smallest absolute Gasteiger partial charge is 0.0753 e. The molecule has 13 heavy (non-hydrogen) atoms. The van der Waals surface area contributed by atoms with Gasteiger partial charge in [0.1, 0.15) is 0 Å². The number of halogens is 2. The van der Waals surface area contributed by atoms with Gasteiger partial charge in [-0.15, -0.1) is 11.3 Å². The number of thiophene rings is 1. The van der Waals surface area contributed by atoms with Crippen molar-refractivity contribution in [3.8, 4) is 0 Å². The van der Waals surface area contributed by atoms with Crippen LogP contribution in [0.25, 0.3) is 0 Å². The Bertz CT molecular complexity index is 369. The minimum Gasteiger partial charge on any atom is -0.266 e. The molecule has 0 amide bonds. The predicted octanol–water partition coefficient (Wildman–Crippen LogP) is 3.52. The zero-order valence-corrected chi connectivity index (χ0v) is 10.6. The lowest BCUT2D eigenvalue weighted by Gasteiger charge is -1.95. The molecule has 0 saturated carbocycles. The van der Waals surface area contributed by atoms with Crippen LogP contribution in [0, 0.1) is 0 Å². The van der Waals surface area contributed by atoms with Gasteiger partial charge in [-0.1, -0.05) is 0 Å². The summed E-state index contributed by atoms with van der Waals surface area (Å²) in [5.41, 5.74) is 0. The van der Waals surface area contributed by atoms with Crippen molar-refractivity contribution in [3.63, 3.8) is 0 Å². The Kier molecular flexibility index (Phi) is 2.86. The molecular formula is C8H6Br2N2S. The molecule has 0 fully saturated rings. The van der Waals surface area contributed by atoms with Crippen molar-refractivity contribution in [2.45, 2.75) is 6.54 Å². The van der Waals surface area contributed by atoms with Gasteiger partial charge in [0.25, 0.3) is 0 Å². The van der Waals surface area contributed by atoms with Crippen LogP contribution < -0.4 is 0 Å². The van der Waals surface area contributed by atoms with Crippen LogP contribution in [-0.2, 0) is 6.54 Å². The van der Waals surface area contributed by atoms with Crippen LogP contribution in [0.3, 0.4) is 0 Å². The summed E-state index contributed by atoms with van der Waals surface area (Å²) in [7, 11) is 0. The van der Waals surface area contributed by atoms with Crippen LogP contribution in [0.1, 0.15) is 4.88 Å². The first-order chi connectivity index (χ1) is 6.24. The fourth-order valence-electron chi connectivity index (χ4n) is 1.02. The highest BCUT2D eigenvalue weighted by molar-refractivity contribution is 9.10. The van der Waals surface area contributed by atoms with E-state index in [0.717, 1.165) is 15.5 Å². The maximum atomic E-state index is 4.18. The van der Waals surface area contributed by atoms with Gasteiger partial charge in [-0.3, -0.25) is 4.68 Å².